The standard InChI is InChI=1S/C17H19N3O4/c1-17(2,3)24-16(22)20-7-11-4-5-13(6-12(11)8-20)19-15(21)14-9-23-10-18-14/h4-6,9-10H,7-8H2,1-3H3,(H,19,21). The van der Waals surface area contributed by atoms with Gasteiger partial charge in [0, 0.05) is 18.8 Å². The van der Waals surface area contributed by atoms with Gasteiger partial charge in [0.1, 0.15) is 11.9 Å². The third-order valence-electron chi connectivity index (χ3n) is 3.50. The number of amides is 2. The molecule has 7 heteroatoms. The normalized spacial score (nSPS) is 13.5. The van der Waals surface area contributed by atoms with E-state index >= 15 is 0 Å². The molecular weight excluding hydrogens is 310 g/mol. The van der Waals surface area contributed by atoms with Crippen LogP contribution in [-0.2, 0) is 17.8 Å². The third-order valence-corrected chi connectivity index (χ3v) is 3.50. The van der Waals surface area contributed by atoms with E-state index in [1.54, 1.807) is 11.0 Å². The molecule has 126 valence electrons. The minimum Gasteiger partial charge on any atom is -0.451 e. The molecule has 0 radical (unpaired) electrons. The van der Waals surface area contributed by atoms with Gasteiger partial charge in [0.15, 0.2) is 12.1 Å². The summed E-state index contributed by atoms with van der Waals surface area (Å²) in [6, 6.07) is 5.56. The number of benzene rings is 1. The van der Waals surface area contributed by atoms with E-state index in [2.05, 4.69) is 10.3 Å². The molecule has 0 saturated heterocycles. The zero-order valence-electron chi connectivity index (χ0n) is 13.8. The first-order chi connectivity index (χ1) is 11.3. The highest BCUT2D eigenvalue weighted by molar-refractivity contribution is 6.02. The average molecular weight is 329 g/mol. The molecule has 0 atom stereocenters. The van der Waals surface area contributed by atoms with Gasteiger partial charge in [-0.1, -0.05) is 6.07 Å². The second-order valence-electron chi connectivity index (χ2n) is 6.65. The van der Waals surface area contributed by atoms with Crippen molar-refractivity contribution in [2.45, 2.75) is 39.5 Å². The van der Waals surface area contributed by atoms with Gasteiger partial charge in [-0.3, -0.25) is 9.69 Å². The molecule has 0 fully saturated rings. The molecule has 0 aliphatic carbocycles. The molecule has 1 aromatic carbocycles. The topological polar surface area (TPSA) is 84.7 Å². The summed E-state index contributed by atoms with van der Waals surface area (Å²) in [5, 5.41) is 2.76. The molecule has 1 aliphatic rings. The first-order valence-electron chi connectivity index (χ1n) is 7.61. The van der Waals surface area contributed by atoms with Crippen LogP contribution in [0.3, 0.4) is 0 Å². The Morgan fingerprint density at radius 2 is 2.00 bits per heavy atom. The van der Waals surface area contributed by atoms with Crippen LogP contribution < -0.4 is 5.32 Å². The largest absolute Gasteiger partial charge is 0.451 e. The maximum atomic E-state index is 12.2. The Morgan fingerprint density at radius 1 is 1.25 bits per heavy atom. The Kier molecular flexibility index (Phi) is 4.01. The van der Waals surface area contributed by atoms with Gasteiger partial charge in [0.05, 0.1) is 0 Å². The van der Waals surface area contributed by atoms with Crippen molar-refractivity contribution < 1.29 is 18.7 Å². The highest BCUT2D eigenvalue weighted by atomic mass is 16.6. The van der Waals surface area contributed by atoms with Gasteiger partial charge >= 0.3 is 6.09 Å². The monoisotopic (exact) mass is 329 g/mol. The zero-order chi connectivity index (χ0) is 17.3. The Balaban J connectivity index is 1.68. The van der Waals surface area contributed by atoms with Crippen molar-refractivity contribution in [1.29, 1.82) is 0 Å². The Hall–Kier alpha value is -2.83. The van der Waals surface area contributed by atoms with Crippen LogP contribution in [0.1, 0.15) is 42.4 Å². The number of nitrogens with one attached hydrogen (secondary N) is 1. The number of rotatable bonds is 2. The Bertz CT molecular complexity index is 763. The maximum absolute atomic E-state index is 12.2. The second-order valence-corrected chi connectivity index (χ2v) is 6.65. The van der Waals surface area contributed by atoms with Crippen molar-refractivity contribution in [3.8, 4) is 0 Å². The van der Waals surface area contributed by atoms with Gasteiger partial charge in [-0.25, -0.2) is 9.78 Å². The molecule has 0 saturated carbocycles. The predicted octanol–water partition coefficient (Wildman–Crippen LogP) is 3.18. The highest BCUT2D eigenvalue weighted by Crippen LogP contribution is 2.27. The van der Waals surface area contributed by atoms with E-state index in [1.165, 1.54) is 12.7 Å². The molecule has 0 spiro atoms. The van der Waals surface area contributed by atoms with Gasteiger partial charge < -0.3 is 14.5 Å². The molecule has 2 amide bonds. The Labute approximate surface area is 139 Å². The van der Waals surface area contributed by atoms with Crippen LogP contribution in [0.4, 0.5) is 10.5 Å². The van der Waals surface area contributed by atoms with Gasteiger partial charge in [-0.05, 0) is 44.0 Å². The van der Waals surface area contributed by atoms with Crippen LogP contribution in [0.5, 0.6) is 0 Å². The molecule has 1 N–H and O–H groups in total. The molecule has 0 bridgehead atoms. The molecule has 1 aliphatic heterocycles. The van der Waals surface area contributed by atoms with E-state index in [4.69, 9.17) is 9.15 Å². The minimum atomic E-state index is -0.525. The van der Waals surface area contributed by atoms with E-state index in [0.717, 1.165) is 11.1 Å². The van der Waals surface area contributed by atoms with Crippen molar-refractivity contribution in [2.75, 3.05) is 5.32 Å². The van der Waals surface area contributed by atoms with E-state index in [1.807, 2.05) is 32.9 Å². The summed E-state index contributed by atoms with van der Waals surface area (Å²) < 4.78 is 10.2. The summed E-state index contributed by atoms with van der Waals surface area (Å²) in [5.74, 6) is -0.342. The Morgan fingerprint density at radius 3 is 2.67 bits per heavy atom. The molecule has 3 rings (SSSR count). The predicted molar refractivity (Wildman–Crippen MR) is 86.4 cm³/mol. The zero-order valence-corrected chi connectivity index (χ0v) is 13.8. The molecule has 2 aromatic rings. The number of carbonyl (C=O) groups is 2. The van der Waals surface area contributed by atoms with E-state index in [9.17, 15) is 9.59 Å². The number of oxazole rings is 1. The number of ether oxygens (including phenoxy) is 1. The smallest absolute Gasteiger partial charge is 0.410 e. The molecule has 7 nitrogen and oxygen atoms in total. The van der Waals surface area contributed by atoms with Gasteiger partial charge in [0.2, 0.25) is 0 Å². The number of anilines is 1. The fourth-order valence-corrected chi connectivity index (χ4v) is 2.45. The van der Waals surface area contributed by atoms with E-state index < -0.39 is 5.60 Å². The minimum absolute atomic E-state index is 0.214. The summed E-state index contributed by atoms with van der Waals surface area (Å²) in [6.07, 6.45) is 2.15. The quantitative estimate of drug-likeness (QED) is 0.914. The van der Waals surface area contributed by atoms with Crippen molar-refractivity contribution >= 4 is 17.7 Å². The number of hydrogen-bond donors (Lipinski definition) is 1. The summed E-state index contributed by atoms with van der Waals surface area (Å²) in [4.78, 5) is 29.6. The first-order valence-corrected chi connectivity index (χ1v) is 7.61. The van der Waals surface area contributed by atoms with Crippen LogP contribution >= 0.6 is 0 Å². The molecule has 0 unspecified atom stereocenters. The van der Waals surface area contributed by atoms with Crippen molar-refractivity contribution in [3.63, 3.8) is 0 Å². The number of fused-ring (bicyclic) bond motifs is 1. The fraction of sp³-hybridized carbons (Fsp3) is 0.353. The SMILES string of the molecule is CC(C)(C)OC(=O)N1Cc2ccc(NC(=O)c3cocn3)cc2C1. The van der Waals surface area contributed by atoms with Crippen LogP contribution in [0.2, 0.25) is 0 Å². The third kappa shape index (κ3) is 3.56. The van der Waals surface area contributed by atoms with E-state index in [-0.39, 0.29) is 17.7 Å². The molecule has 1 aromatic heterocycles. The number of carbonyl (C=O) groups excluding carboxylic acids is 2. The van der Waals surface area contributed by atoms with Crippen LogP contribution in [0.15, 0.2) is 35.3 Å². The van der Waals surface area contributed by atoms with Crippen molar-refractivity contribution in [2.24, 2.45) is 0 Å². The first kappa shape index (κ1) is 16.0. The molecular formula is C17H19N3O4. The average Bonchev–Trinajstić information content (AvgIpc) is 3.14. The van der Waals surface area contributed by atoms with Crippen molar-refractivity contribution in [3.05, 3.63) is 47.7 Å². The number of aromatic nitrogens is 1. The van der Waals surface area contributed by atoms with Gasteiger partial charge in [-0.2, -0.15) is 0 Å². The van der Waals surface area contributed by atoms with Crippen LogP contribution in [0, 0.1) is 0 Å². The highest BCUT2D eigenvalue weighted by Gasteiger charge is 2.28. The van der Waals surface area contributed by atoms with Crippen LogP contribution in [-0.4, -0.2) is 27.5 Å². The summed E-state index contributed by atoms with van der Waals surface area (Å²) >= 11 is 0. The van der Waals surface area contributed by atoms with Gasteiger partial charge in [0.25, 0.3) is 5.91 Å². The number of nitrogens with zero attached hydrogens (tertiary/aromatic N) is 2. The lowest BCUT2D eigenvalue weighted by atomic mass is 10.1. The second kappa shape index (κ2) is 5.99. The summed E-state index contributed by atoms with van der Waals surface area (Å²) in [7, 11) is 0. The lowest BCUT2D eigenvalue weighted by molar-refractivity contribution is 0.0241. The van der Waals surface area contributed by atoms with Crippen molar-refractivity contribution in [1.82, 2.24) is 9.88 Å². The summed E-state index contributed by atoms with van der Waals surface area (Å²) in [6.45, 7) is 6.47. The fourth-order valence-electron chi connectivity index (χ4n) is 2.45. The summed E-state index contributed by atoms with van der Waals surface area (Å²) in [5.41, 5.74) is 2.36. The number of hydrogen-bond acceptors (Lipinski definition) is 5. The lowest BCUT2D eigenvalue weighted by Crippen LogP contribution is -2.33. The lowest BCUT2D eigenvalue weighted by Gasteiger charge is -2.24. The van der Waals surface area contributed by atoms with Crippen LogP contribution in [0.25, 0.3) is 0 Å². The maximum Gasteiger partial charge on any atom is 0.410 e. The molecule has 24 heavy (non-hydrogen) atoms. The van der Waals surface area contributed by atoms with E-state index in [0.29, 0.717) is 18.8 Å². The molecule has 2 heterocycles. The van der Waals surface area contributed by atoms with Gasteiger partial charge in [-0.15, -0.1) is 0 Å².